The maximum Gasteiger partial charge on any atom is 0.472 e. The van der Waals surface area contributed by atoms with Crippen molar-refractivity contribution in [3.05, 3.63) is 146 Å². The summed E-state index contributed by atoms with van der Waals surface area (Å²) in [6.07, 6.45) is 112. The van der Waals surface area contributed by atoms with Crippen LogP contribution in [0.1, 0.15) is 393 Å². The number of carbonyl (C=O) groups is 3. The number of esters is 3. The summed E-state index contributed by atoms with van der Waals surface area (Å²) in [4.78, 5) is 58.9. The van der Waals surface area contributed by atoms with E-state index in [9.17, 15) is 43.5 Å². The first kappa shape index (κ1) is 110. The Morgan fingerprint density at radius 3 is 0.730 bits per heavy atom. The molecule has 0 saturated carbocycles. The van der Waals surface area contributed by atoms with E-state index in [1.807, 2.05) is 0 Å². The van der Waals surface area contributed by atoms with Gasteiger partial charge in [0.25, 0.3) is 0 Å². The van der Waals surface area contributed by atoms with Gasteiger partial charge >= 0.3 is 33.6 Å². The van der Waals surface area contributed by atoms with Crippen LogP contribution in [0.3, 0.4) is 0 Å². The minimum Gasteiger partial charge on any atom is -0.463 e. The minimum absolute atomic E-state index is 0.0905. The standard InChI is InChI=1S/C97H168O16P2/c1-4-7-10-13-16-19-22-25-28-31-33-35-37-39-41-42-43-44-45-46-47-48-50-52-53-55-57-60-62-65-68-71-74-77-80-83-95(100)107-86-92(98)87-109-114(103,104)110-88-93(99)89-111-115(105,106)112-91-94(113-97(102)85-82-79-76-73-70-67-64-59-30-27-24-21-18-15-12-9-6-3)90-108-96(101)84-81-78-75-72-69-66-63-61-58-56-54-51-49-40-38-36-34-32-29-26-23-20-17-14-11-8-5-2/h8-9,11-12,16-21,25-30,33-36,39-41,49,92-94,98-99H,4-7,10,13-15,22-24,31-32,37-38,42-48,50-91H2,1-3H3,(H,103,104)(H,105,106)/b11-8-,12-9-,19-16-,20-17-,21-18-,28-25-,29-26-,30-27-,35-33-,36-34-,41-39-,49-40-. The number of hydrogen-bond acceptors (Lipinski definition) is 14. The lowest BCUT2D eigenvalue weighted by Crippen LogP contribution is -2.30. The molecule has 0 amide bonds. The van der Waals surface area contributed by atoms with Gasteiger partial charge in [-0.05, 0) is 141 Å². The van der Waals surface area contributed by atoms with Crippen molar-refractivity contribution in [3.8, 4) is 0 Å². The highest BCUT2D eigenvalue weighted by molar-refractivity contribution is 7.47. The lowest BCUT2D eigenvalue weighted by Gasteiger charge is -2.21. The zero-order chi connectivity index (χ0) is 83.6. The first-order valence-corrected chi connectivity index (χ1v) is 49.1. The maximum atomic E-state index is 13.0. The lowest BCUT2D eigenvalue weighted by atomic mass is 10.0. The molecule has 0 aromatic heterocycles. The molecule has 0 bridgehead atoms. The molecule has 0 radical (unpaired) electrons. The Morgan fingerprint density at radius 1 is 0.252 bits per heavy atom. The molecule has 0 aliphatic rings. The van der Waals surface area contributed by atoms with Gasteiger partial charge in [0.15, 0.2) is 6.10 Å². The van der Waals surface area contributed by atoms with Crippen LogP contribution in [0, 0.1) is 0 Å². The number of aliphatic hydroxyl groups is 2. The Hall–Kier alpha value is -4.57. The Balaban J connectivity index is 4.46. The molecule has 0 aromatic carbocycles. The quantitative estimate of drug-likeness (QED) is 0.0146. The van der Waals surface area contributed by atoms with Crippen LogP contribution in [0.4, 0.5) is 0 Å². The predicted octanol–water partition coefficient (Wildman–Crippen LogP) is 28.3. The van der Waals surface area contributed by atoms with Gasteiger partial charge in [-0.25, -0.2) is 9.13 Å². The maximum absolute atomic E-state index is 13.0. The highest BCUT2D eigenvalue weighted by Gasteiger charge is 2.29. The number of rotatable bonds is 87. The van der Waals surface area contributed by atoms with E-state index in [0.29, 0.717) is 19.3 Å². The van der Waals surface area contributed by atoms with Crippen molar-refractivity contribution in [1.82, 2.24) is 0 Å². The van der Waals surface area contributed by atoms with Crippen molar-refractivity contribution >= 4 is 33.6 Å². The fourth-order valence-corrected chi connectivity index (χ4v) is 14.2. The van der Waals surface area contributed by atoms with Crippen molar-refractivity contribution in [2.24, 2.45) is 0 Å². The Kier molecular flexibility index (Phi) is 85.2. The first-order chi connectivity index (χ1) is 56.2. The summed E-state index contributed by atoms with van der Waals surface area (Å²) in [6, 6.07) is 0. The van der Waals surface area contributed by atoms with Crippen molar-refractivity contribution in [3.63, 3.8) is 0 Å². The average Bonchev–Trinajstić information content (AvgIpc) is 0.872. The summed E-state index contributed by atoms with van der Waals surface area (Å²) in [5, 5.41) is 20.7. The fraction of sp³-hybridized carbons (Fsp3) is 0.722. The average molecular weight is 1650 g/mol. The molecule has 0 aromatic rings. The number of ether oxygens (including phenoxy) is 3. The molecule has 0 rings (SSSR count). The van der Waals surface area contributed by atoms with Gasteiger partial charge in [-0.15, -0.1) is 0 Å². The van der Waals surface area contributed by atoms with E-state index in [4.69, 9.17) is 32.3 Å². The molecule has 0 aliphatic carbocycles. The summed E-state index contributed by atoms with van der Waals surface area (Å²) in [7, 11) is -9.81. The topological polar surface area (TPSA) is 231 Å². The van der Waals surface area contributed by atoms with E-state index in [0.717, 1.165) is 167 Å². The zero-order valence-corrected chi connectivity index (χ0v) is 74.7. The van der Waals surface area contributed by atoms with E-state index < -0.39 is 91.5 Å². The molecule has 5 atom stereocenters. The second kappa shape index (κ2) is 88.7. The minimum atomic E-state index is -4.94. The molecule has 5 unspecified atom stereocenters. The van der Waals surface area contributed by atoms with Crippen molar-refractivity contribution in [1.29, 1.82) is 0 Å². The van der Waals surface area contributed by atoms with Crippen LogP contribution >= 0.6 is 15.6 Å². The number of unbranched alkanes of at least 4 members (excludes halogenated alkanes) is 40. The van der Waals surface area contributed by atoms with Crippen molar-refractivity contribution in [2.45, 2.75) is 411 Å². The molecule has 18 heteroatoms. The van der Waals surface area contributed by atoms with Gasteiger partial charge < -0.3 is 34.2 Å². The number of carbonyl (C=O) groups excluding carboxylic acids is 3. The third-order valence-electron chi connectivity index (χ3n) is 19.5. The largest absolute Gasteiger partial charge is 0.472 e. The Labute approximate surface area is 702 Å². The molecule has 0 spiro atoms. The second-order valence-corrected chi connectivity index (χ2v) is 33.6. The van der Waals surface area contributed by atoms with E-state index in [1.165, 1.54) is 167 Å². The molecule has 0 heterocycles. The summed E-state index contributed by atoms with van der Waals surface area (Å²) < 4.78 is 61.4. The highest BCUT2D eigenvalue weighted by atomic mass is 31.2. The van der Waals surface area contributed by atoms with Crippen molar-refractivity contribution in [2.75, 3.05) is 39.6 Å². The van der Waals surface area contributed by atoms with Gasteiger partial charge in [-0.2, -0.15) is 0 Å². The van der Waals surface area contributed by atoms with Crippen molar-refractivity contribution < 1.29 is 75.8 Å². The summed E-state index contributed by atoms with van der Waals surface area (Å²) in [5.74, 6) is -1.58. The molecule has 16 nitrogen and oxygen atoms in total. The Bertz CT molecular complexity index is 2670. The number of phosphoric ester groups is 2. The highest BCUT2D eigenvalue weighted by Crippen LogP contribution is 2.45. The summed E-state index contributed by atoms with van der Waals surface area (Å²) in [5.41, 5.74) is 0. The van der Waals surface area contributed by atoms with Crippen LogP contribution < -0.4 is 0 Å². The third kappa shape index (κ3) is 90.0. The van der Waals surface area contributed by atoms with E-state index in [2.05, 4.69) is 167 Å². The SMILES string of the molecule is CC/C=C\C/C=C\C/C=C\C/C=C\C/C=C\CCCCCCCCCCCCCC(=O)OCC(COP(=O)(O)OCC(O)COP(=O)(O)OCC(O)COC(=O)CCCCCCCCCCCCCCCCCCCCC/C=C\C/C=C\C/C=C\C/C=C\CCCCC)OC(=O)CCCCCCCCC/C=C\C/C=C\C/C=C\CC. The van der Waals surface area contributed by atoms with Gasteiger partial charge in [0, 0.05) is 19.3 Å². The Morgan fingerprint density at radius 2 is 0.461 bits per heavy atom. The molecule has 115 heavy (non-hydrogen) atoms. The van der Waals surface area contributed by atoms with Crippen LogP contribution in [0.25, 0.3) is 0 Å². The normalized spacial score (nSPS) is 14.5. The smallest absolute Gasteiger partial charge is 0.463 e. The number of allylic oxidation sites excluding steroid dienone is 24. The zero-order valence-electron chi connectivity index (χ0n) is 72.9. The van der Waals surface area contributed by atoms with Crippen LogP contribution in [-0.2, 0) is 55.8 Å². The molecule has 4 N–H and O–H groups in total. The van der Waals surface area contributed by atoms with Crippen LogP contribution in [0.15, 0.2) is 146 Å². The first-order valence-electron chi connectivity index (χ1n) is 46.1. The van der Waals surface area contributed by atoms with Gasteiger partial charge in [0.05, 0.1) is 26.4 Å². The molecule has 0 fully saturated rings. The van der Waals surface area contributed by atoms with Crippen LogP contribution in [0.2, 0.25) is 0 Å². The number of aliphatic hydroxyl groups excluding tert-OH is 2. The van der Waals surface area contributed by atoms with E-state index in [1.54, 1.807) is 0 Å². The molecular formula is C97H168O16P2. The van der Waals surface area contributed by atoms with Gasteiger partial charge in [0.2, 0.25) is 0 Å². The molecule has 0 aliphatic heterocycles. The summed E-state index contributed by atoms with van der Waals surface area (Å²) in [6.45, 7) is 2.47. The predicted molar refractivity (Wildman–Crippen MR) is 482 cm³/mol. The molecular weight excluding hydrogens is 1480 g/mol. The fourth-order valence-electron chi connectivity index (χ4n) is 12.6. The number of hydrogen-bond donors (Lipinski definition) is 4. The monoisotopic (exact) mass is 1650 g/mol. The van der Waals surface area contributed by atoms with Crippen LogP contribution in [0.5, 0.6) is 0 Å². The van der Waals surface area contributed by atoms with Crippen LogP contribution in [-0.4, -0.2) is 95.9 Å². The van der Waals surface area contributed by atoms with Gasteiger partial charge in [0.1, 0.15) is 25.4 Å². The van der Waals surface area contributed by atoms with E-state index >= 15 is 0 Å². The third-order valence-corrected chi connectivity index (χ3v) is 21.4. The molecule has 662 valence electrons. The lowest BCUT2D eigenvalue weighted by molar-refractivity contribution is -0.161. The molecule has 0 saturated heterocycles. The summed E-state index contributed by atoms with van der Waals surface area (Å²) >= 11 is 0. The number of phosphoric acid groups is 2. The van der Waals surface area contributed by atoms with Gasteiger partial charge in [-0.3, -0.25) is 32.5 Å². The van der Waals surface area contributed by atoms with Gasteiger partial charge in [-0.1, -0.05) is 378 Å². The van der Waals surface area contributed by atoms with E-state index in [-0.39, 0.29) is 19.3 Å². The second-order valence-electron chi connectivity index (χ2n) is 30.7.